The molecule has 3 amide bonds. The van der Waals surface area contributed by atoms with Crippen LogP contribution in [0.1, 0.15) is 36.3 Å². The largest absolute Gasteiger partial charge is 0.494 e. The third-order valence-electron chi connectivity index (χ3n) is 5.82. The lowest BCUT2D eigenvalue weighted by Crippen LogP contribution is -2.44. The van der Waals surface area contributed by atoms with E-state index in [9.17, 15) is 9.59 Å². The van der Waals surface area contributed by atoms with Crippen LogP contribution in [0, 0.1) is 6.92 Å². The number of ether oxygens (including phenoxy) is 2. The second-order valence-electron chi connectivity index (χ2n) is 8.62. The minimum Gasteiger partial charge on any atom is -0.494 e. The normalized spacial score (nSPS) is 10.7. The Morgan fingerprint density at radius 3 is 2.32 bits per heavy atom. The summed E-state index contributed by atoms with van der Waals surface area (Å²) in [4.78, 5) is 31.4. The zero-order chi connectivity index (χ0) is 26.5. The SMILES string of the molecule is CCOCCCN(CC(=O)N(Cc1ccccc1)Cc1sccc1C)C(=O)Nc1ccc(OCC)cc1. The van der Waals surface area contributed by atoms with Gasteiger partial charge in [0.1, 0.15) is 12.3 Å². The highest BCUT2D eigenvalue weighted by Crippen LogP contribution is 2.20. The van der Waals surface area contributed by atoms with Gasteiger partial charge in [0, 0.05) is 36.9 Å². The maximum absolute atomic E-state index is 13.6. The van der Waals surface area contributed by atoms with Crippen molar-refractivity contribution in [2.45, 2.75) is 40.3 Å². The molecule has 2 aromatic carbocycles. The first-order valence-corrected chi connectivity index (χ1v) is 13.6. The Balaban J connectivity index is 1.74. The minimum absolute atomic E-state index is 0.0216. The fraction of sp³-hybridized carbons (Fsp3) is 0.379. The second-order valence-corrected chi connectivity index (χ2v) is 9.62. The Morgan fingerprint density at radius 1 is 0.919 bits per heavy atom. The number of amides is 3. The average molecular weight is 524 g/mol. The van der Waals surface area contributed by atoms with Gasteiger partial charge >= 0.3 is 6.03 Å². The van der Waals surface area contributed by atoms with Gasteiger partial charge in [0.25, 0.3) is 0 Å². The van der Waals surface area contributed by atoms with Gasteiger partial charge in [-0.1, -0.05) is 30.3 Å². The van der Waals surface area contributed by atoms with Gasteiger partial charge in [0.2, 0.25) is 5.91 Å². The number of benzene rings is 2. The fourth-order valence-electron chi connectivity index (χ4n) is 3.80. The number of urea groups is 1. The monoisotopic (exact) mass is 523 g/mol. The molecule has 0 bridgehead atoms. The van der Waals surface area contributed by atoms with Crippen LogP contribution in [0.4, 0.5) is 10.5 Å². The Labute approximate surface area is 224 Å². The quantitative estimate of drug-likeness (QED) is 0.265. The molecule has 3 rings (SSSR count). The lowest BCUT2D eigenvalue weighted by atomic mass is 10.2. The molecule has 0 aliphatic heterocycles. The van der Waals surface area contributed by atoms with Crippen LogP contribution in [0.2, 0.25) is 0 Å². The van der Waals surface area contributed by atoms with Crippen LogP contribution in [-0.2, 0) is 22.6 Å². The summed E-state index contributed by atoms with van der Waals surface area (Å²) in [5.41, 5.74) is 2.86. The van der Waals surface area contributed by atoms with Crippen molar-refractivity contribution in [1.82, 2.24) is 9.80 Å². The van der Waals surface area contributed by atoms with Gasteiger partial charge in [-0.05, 0) is 74.0 Å². The molecule has 1 heterocycles. The first-order valence-electron chi connectivity index (χ1n) is 12.7. The van der Waals surface area contributed by atoms with E-state index >= 15 is 0 Å². The average Bonchev–Trinajstić information content (AvgIpc) is 3.31. The molecule has 0 saturated carbocycles. The van der Waals surface area contributed by atoms with Gasteiger partial charge in [-0.25, -0.2) is 4.79 Å². The number of carbonyl (C=O) groups excluding carboxylic acids is 2. The van der Waals surface area contributed by atoms with Crippen LogP contribution in [0.5, 0.6) is 5.75 Å². The van der Waals surface area contributed by atoms with Crippen LogP contribution >= 0.6 is 11.3 Å². The summed E-state index contributed by atoms with van der Waals surface area (Å²) in [5, 5.41) is 4.96. The third-order valence-corrected chi connectivity index (χ3v) is 6.83. The van der Waals surface area contributed by atoms with Crippen molar-refractivity contribution in [2.24, 2.45) is 0 Å². The Bertz CT molecular complexity index is 1100. The summed E-state index contributed by atoms with van der Waals surface area (Å²) >= 11 is 1.64. The molecule has 0 aliphatic rings. The van der Waals surface area contributed by atoms with Gasteiger partial charge in [0.15, 0.2) is 0 Å². The molecular weight excluding hydrogens is 486 g/mol. The van der Waals surface area contributed by atoms with Gasteiger partial charge in [-0.3, -0.25) is 4.79 Å². The highest BCUT2D eigenvalue weighted by atomic mass is 32.1. The van der Waals surface area contributed by atoms with Crippen LogP contribution < -0.4 is 10.1 Å². The summed E-state index contributed by atoms with van der Waals surface area (Å²) in [5.74, 6) is 0.638. The maximum atomic E-state index is 13.6. The summed E-state index contributed by atoms with van der Waals surface area (Å²) in [6, 6.07) is 18.9. The zero-order valence-electron chi connectivity index (χ0n) is 21.9. The number of thiophene rings is 1. The van der Waals surface area contributed by atoms with Gasteiger partial charge in [0.05, 0.1) is 13.2 Å². The van der Waals surface area contributed by atoms with Crippen molar-refractivity contribution in [2.75, 3.05) is 38.2 Å². The van der Waals surface area contributed by atoms with Crippen LogP contribution in [0.3, 0.4) is 0 Å². The molecule has 0 radical (unpaired) electrons. The van der Waals surface area contributed by atoms with Crippen molar-refractivity contribution in [3.63, 3.8) is 0 Å². The summed E-state index contributed by atoms with van der Waals surface area (Å²) in [6.45, 7) is 9.00. The van der Waals surface area contributed by atoms with Crippen LogP contribution in [0.15, 0.2) is 66.0 Å². The number of nitrogens with one attached hydrogen (secondary N) is 1. The molecule has 7 nitrogen and oxygen atoms in total. The predicted molar refractivity (Wildman–Crippen MR) is 149 cm³/mol. The van der Waals surface area contributed by atoms with Crippen molar-refractivity contribution in [3.05, 3.63) is 82.0 Å². The number of anilines is 1. The number of hydrogen-bond acceptors (Lipinski definition) is 5. The smallest absolute Gasteiger partial charge is 0.322 e. The van der Waals surface area contributed by atoms with Crippen LogP contribution in [-0.4, -0.2) is 54.6 Å². The van der Waals surface area contributed by atoms with E-state index in [4.69, 9.17) is 9.47 Å². The molecule has 3 aromatic rings. The Hall–Kier alpha value is -3.36. The molecule has 0 saturated heterocycles. The molecule has 37 heavy (non-hydrogen) atoms. The molecule has 0 aliphatic carbocycles. The minimum atomic E-state index is -0.319. The van der Waals surface area contributed by atoms with Gasteiger partial charge < -0.3 is 24.6 Å². The van der Waals surface area contributed by atoms with E-state index < -0.39 is 0 Å². The van der Waals surface area contributed by atoms with Crippen molar-refractivity contribution >= 4 is 29.0 Å². The highest BCUT2D eigenvalue weighted by Gasteiger charge is 2.23. The molecule has 0 spiro atoms. The third kappa shape index (κ3) is 9.22. The van der Waals surface area contributed by atoms with Crippen molar-refractivity contribution in [3.8, 4) is 5.75 Å². The fourth-order valence-corrected chi connectivity index (χ4v) is 4.72. The molecule has 1 N–H and O–H groups in total. The highest BCUT2D eigenvalue weighted by molar-refractivity contribution is 7.10. The zero-order valence-corrected chi connectivity index (χ0v) is 22.8. The molecule has 0 fully saturated rings. The van der Waals surface area contributed by atoms with E-state index in [1.54, 1.807) is 28.4 Å². The molecule has 1 aromatic heterocycles. The van der Waals surface area contributed by atoms with Gasteiger partial charge in [-0.2, -0.15) is 0 Å². The Kier molecular flexibility index (Phi) is 11.5. The topological polar surface area (TPSA) is 71.1 Å². The maximum Gasteiger partial charge on any atom is 0.322 e. The summed E-state index contributed by atoms with van der Waals surface area (Å²) < 4.78 is 10.9. The van der Waals surface area contributed by atoms with Crippen LogP contribution in [0.25, 0.3) is 0 Å². The molecule has 198 valence electrons. The standard InChI is InChI=1S/C29H37N3O4S/c1-4-35-18-9-17-31(29(34)30-25-12-14-26(15-13-25)36-5-2)22-28(33)32(20-24-10-7-6-8-11-24)21-27-23(3)16-19-37-27/h6-8,10-16,19H,4-5,9,17-18,20-22H2,1-3H3,(H,30,34). The lowest BCUT2D eigenvalue weighted by molar-refractivity contribution is -0.133. The first-order chi connectivity index (χ1) is 18.0. The molecule has 0 atom stereocenters. The number of aryl methyl sites for hydroxylation is 1. The van der Waals surface area contributed by atoms with E-state index in [0.717, 1.165) is 21.8 Å². The number of rotatable bonds is 14. The molecule has 8 heteroatoms. The predicted octanol–water partition coefficient (Wildman–Crippen LogP) is 5.94. The van der Waals surface area contributed by atoms with Crippen molar-refractivity contribution < 1.29 is 19.1 Å². The van der Waals surface area contributed by atoms with E-state index in [1.165, 1.54) is 0 Å². The van der Waals surface area contributed by atoms with Crippen molar-refractivity contribution in [1.29, 1.82) is 0 Å². The van der Waals surface area contributed by atoms with Gasteiger partial charge in [-0.15, -0.1) is 11.3 Å². The Morgan fingerprint density at radius 2 is 1.68 bits per heavy atom. The number of hydrogen-bond donors (Lipinski definition) is 1. The second kappa shape index (κ2) is 15.0. The first kappa shape index (κ1) is 28.2. The number of nitrogens with zero attached hydrogens (tertiary/aromatic N) is 2. The summed E-state index contributed by atoms with van der Waals surface area (Å²) in [7, 11) is 0. The van der Waals surface area contributed by atoms with E-state index in [1.807, 2.05) is 66.6 Å². The molecule has 0 unspecified atom stereocenters. The molecular formula is C29H37N3O4S. The lowest BCUT2D eigenvalue weighted by Gasteiger charge is -2.28. The summed E-state index contributed by atoms with van der Waals surface area (Å²) in [6.07, 6.45) is 0.639. The van der Waals surface area contributed by atoms with E-state index in [2.05, 4.69) is 18.3 Å². The van der Waals surface area contributed by atoms with E-state index in [0.29, 0.717) is 51.6 Å². The number of carbonyl (C=O) groups is 2. The van der Waals surface area contributed by atoms with E-state index in [-0.39, 0.29) is 18.5 Å².